The highest BCUT2D eigenvalue weighted by atomic mass is 16.1. The highest BCUT2D eigenvalue weighted by molar-refractivity contribution is 5.91. The fraction of sp³-hybridized carbons (Fsp3) is 0.769. The van der Waals surface area contributed by atoms with Gasteiger partial charge in [-0.3, -0.25) is 4.79 Å². The van der Waals surface area contributed by atoms with Crippen LogP contribution in [0.25, 0.3) is 0 Å². The molecular weight excluding hydrogens is 228 g/mol. The number of carbonyl (C=O) groups excluding carboxylic acids is 1. The maximum Gasteiger partial charge on any atom is 0.271 e. The first kappa shape index (κ1) is 13.1. The zero-order valence-corrected chi connectivity index (χ0v) is 11.1. The zero-order chi connectivity index (χ0) is 13.0. The van der Waals surface area contributed by atoms with Gasteiger partial charge in [0.1, 0.15) is 0 Å². The first-order chi connectivity index (χ1) is 8.72. The molecule has 1 aliphatic carbocycles. The van der Waals surface area contributed by atoms with Crippen molar-refractivity contribution in [1.29, 1.82) is 0 Å². The monoisotopic (exact) mass is 250 g/mol. The number of primary amides is 1. The summed E-state index contributed by atoms with van der Waals surface area (Å²) in [5, 5.41) is 8.02. The van der Waals surface area contributed by atoms with Gasteiger partial charge in [0.15, 0.2) is 5.69 Å². The SMILES string of the molecule is CCCCCCn1nnc(C(N)=O)c1CC1CC1. The van der Waals surface area contributed by atoms with Gasteiger partial charge in [0, 0.05) is 6.54 Å². The molecule has 0 aliphatic heterocycles. The lowest BCUT2D eigenvalue weighted by Crippen LogP contribution is -2.16. The number of hydrogen-bond donors (Lipinski definition) is 1. The summed E-state index contributed by atoms with van der Waals surface area (Å²) in [7, 11) is 0. The molecule has 1 heterocycles. The lowest BCUT2D eigenvalue weighted by atomic mass is 10.1. The summed E-state index contributed by atoms with van der Waals surface area (Å²) in [5.74, 6) is 0.251. The maximum atomic E-state index is 11.3. The molecule has 0 spiro atoms. The molecule has 1 aliphatic rings. The minimum atomic E-state index is -0.453. The second-order valence-electron chi connectivity index (χ2n) is 5.18. The Morgan fingerprint density at radius 2 is 2.17 bits per heavy atom. The Labute approximate surface area is 108 Å². The fourth-order valence-corrected chi connectivity index (χ4v) is 2.19. The zero-order valence-electron chi connectivity index (χ0n) is 11.1. The average molecular weight is 250 g/mol. The molecular formula is C13H22N4O. The van der Waals surface area contributed by atoms with E-state index in [1.54, 1.807) is 0 Å². The number of unbranched alkanes of at least 4 members (excludes halogenated alkanes) is 3. The number of carbonyl (C=O) groups is 1. The van der Waals surface area contributed by atoms with Gasteiger partial charge < -0.3 is 5.73 Å². The van der Waals surface area contributed by atoms with E-state index in [0.717, 1.165) is 25.1 Å². The molecule has 0 atom stereocenters. The van der Waals surface area contributed by atoms with E-state index in [0.29, 0.717) is 11.6 Å². The van der Waals surface area contributed by atoms with Crippen LogP contribution in [-0.2, 0) is 13.0 Å². The Kier molecular flexibility index (Phi) is 4.33. The number of nitrogens with two attached hydrogens (primary N) is 1. The van der Waals surface area contributed by atoms with Crippen molar-refractivity contribution < 1.29 is 4.79 Å². The number of hydrogen-bond acceptors (Lipinski definition) is 3. The average Bonchev–Trinajstić information content (AvgIpc) is 3.05. The Morgan fingerprint density at radius 1 is 1.39 bits per heavy atom. The van der Waals surface area contributed by atoms with Crippen LogP contribution in [-0.4, -0.2) is 20.9 Å². The molecule has 2 N–H and O–H groups in total. The molecule has 1 aromatic rings. The smallest absolute Gasteiger partial charge is 0.271 e. The Balaban J connectivity index is 2.00. The number of aromatic nitrogens is 3. The topological polar surface area (TPSA) is 73.8 Å². The van der Waals surface area contributed by atoms with Gasteiger partial charge in [-0.2, -0.15) is 0 Å². The quantitative estimate of drug-likeness (QED) is 0.716. The van der Waals surface area contributed by atoms with Crippen molar-refractivity contribution in [2.45, 2.75) is 58.4 Å². The highest BCUT2D eigenvalue weighted by Crippen LogP contribution is 2.33. The van der Waals surface area contributed by atoms with E-state index in [2.05, 4.69) is 17.2 Å². The van der Waals surface area contributed by atoms with Gasteiger partial charge in [-0.05, 0) is 31.6 Å². The van der Waals surface area contributed by atoms with E-state index in [1.165, 1.54) is 32.1 Å². The minimum Gasteiger partial charge on any atom is -0.364 e. The highest BCUT2D eigenvalue weighted by Gasteiger charge is 2.27. The van der Waals surface area contributed by atoms with Crippen molar-refractivity contribution in [2.24, 2.45) is 11.7 Å². The van der Waals surface area contributed by atoms with Gasteiger partial charge in [0.05, 0.1) is 5.69 Å². The molecule has 0 saturated heterocycles. The van der Waals surface area contributed by atoms with Crippen molar-refractivity contribution in [1.82, 2.24) is 15.0 Å². The number of amides is 1. The van der Waals surface area contributed by atoms with Gasteiger partial charge in [0.25, 0.3) is 5.91 Å². The van der Waals surface area contributed by atoms with E-state index in [-0.39, 0.29) is 0 Å². The molecule has 5 heteroatoms. The van der Waals surface area contributed by atoms with Crippen LogP contribution in [0.2, 0.25) is 0 Å². The third-order valence-corrected chi connectivity index (χ3v) is 3.47. The van der Waals surface area contributed by atoms with Gasteiger partial charge in [-0.1, -0.05) is 31.4 Å². The first-order valence-corrected chi connectivity index (χ1v) is 6.94. The summed E-state index contributed by atoms with van der Waals surface area (Å²) in [5.41, 5.74) is 6.66. The molecule has 2 rings (SSSR count). The second kappa shape index (κ2) is 5.98. The van der Waals surface area contributed by atoms with Crippen molar-refractivity contribution in [3.8, 4) is 0 Å². The lowest BCUT2D eigenvalue weighted by molar-refractivity contribution is 0.0994. The number of aryl methyl sites for hydroxylation is 1. The lowest BCUT2D eigenvalue weighted by Gasteiger charge is -2.06. The molecule has 100 valence electrons. The Bertz CT molecular complexity index is 409. The molecule has 1 saturated carbocycles. The normalized spacial score (nSPS) is 14.9. The summed E-state index contributed by atoms with van der Waals surface area (Å²) in [6.07, 6.45) is 8.16. The van der Waals surface area contributed by atoms with Crippen molar-refractivity contribution in [3.63, 3.8) is 0 Å². The van der Waals surface area contributed by atoms with Crippen LogP contribution in [0.1, 0.15) is 61.6 Å². The van der Waals surface area contributed by atoms with Crippen molar-refractivity contribution in [3.05, 3.63) is 11.4 Å². The predicted molar refractivity (Wildman–Crippen MR) is 69.1 cm³/mol. The summed E-state index contributed by atoms with van der Waals surface area (Å²) < 4.78 is 1.88. The van der Waals surface area contributed by atoms with E-state index in [1.807, 2.05) is 4.68 Å². The molecule has 0 unspecified atom stereocenters. The van der Waals surface area contributed by atoms with E-state index in [4.69, 9.17) is 5.73 Å². The second-order valence-corrected chi connectivity index (χ2v) is 5.18. The minimum absolute atomic E-state index is 0.373. The standard InChI is InChI=1S/C13H22N4O/c1-2-3-4-5-8-17-11(9-10-6-7-10)12(13(14)18)15-16-17/h10H,2-9H2,1H3,(H2,14,18). The number of nitrogens with zero attached hydrogens (tertiary/aromatic N) is 3. The molecule has 0 aromatic carbocycles. The summed E-state index contributed by atoms with van der Waals surface area (Å²) in [6.45, 7) is 3.04. The molecule has 0 bridgehead atoms. The van der Waals surface area contributed by atoms with Gasteiger partial charge >= 0.3 is 0 Å². The Morgan fingerprint density at radius 3 is 2.78 bits per heavy atom. The van der Waals surface area contributed by atoms with Crippen LogP contribution >= 0.6 is 0 Å². The van der Waals surface area contributed by atoms with Crippen LogP contribution in [0.4, 0.5) is 0 Å². The molecule has 1 aromatic heterocycles. The van der Waals surface area contributed by atoms with E-state index < -0.39 is 5.91 Å². The van der Waals surface area contributed by atoms with Gasteiger partial charge in [-0.25, -0.2) is 4.68 Å². The van der Waals surface area contributed by atoms with E-state index >= 15 is 0 Å². The molecule has 0 radical (unpaired) electrons. The third-order valence-electron chi connectivity index (χ3n) is 3.47. The molecule has 1 fully saturated rings. The van der Waals surface area contributed by atoms with Crippen LogP contribution in [0.15, 0.2) is 0 Å². The van der Waals surface area contributed by atoms with Crippen molar-refractivity contribution in [2.75, 3.05) is 0 Å². The van der Waals surface area contributed by atoms with Crippen LogP contribution in [0, 0.1) is 5.92 Å². The largest absolute Gasteiger partial charge is 0.364 e. The first-order valence-electron chi connectivity index (χ1n) is 6.94. The van der Waals surface area contributed by atoms with Crippen molar-refractivity contribution >= 4 is 5.91 Å². The van der Waals surface area contributed by atoms with Crippen LogP contribution in [0.5, 0.6) is 0 Å². The van der Waals surface area contributed by atoms with Crippen LogP contribution < -0.4 is 5.73 Å². The number of rotatable bonds is 8. The third kappa shape index (κ3) is 3.31. The molecule has 18 heavy (non-hydrogen) atoms. The Hall–Kier alpha value is -1.39. The van der Waals surface area contributed by atoms with Crippen LogP contribution in [0.3, 0.4) is 0 Å². The summed E-state index contributed by atoms with van der Waals surface area (Å²) in [4.78, 5) is 11.3. The fourth-order valence-electron chi connectivity index (χ4n) is 2.19. The van der Waals surface area contributed by atoms with E-state index in [9.17, 15) is 4.79 Å². The molecule has 1 amide bonds. The maximum absolute atomic E-state index is 11.3. The van der Waals surface area contributed by atoms with Gasteiger partial charge in [-0.15, -0.1) is 5.10 Å². The molecule has 5 nitrogen and oxygen atoms in total. The van der Waals surface area contributed by atoms with Gasteiger partial charge in [0.2, 0.25) is 0 Å². The summed E-state index contributed by atoms with van der Waals surface area (Å²) >= 11 is 0. The summed E-state index contributed by atoms with van der Waals surface area (Å²) in [6, 6.07) is 0. The predicted octanol–water partition coefficient (Wildman–Crippen LogP) is 1.91.